The van der Waals surface area contributed by atoms with Crippen LogP contribution in [0.3, 0.4) is 0 Å². The number of aliphatic carboxylic acids is 1. The van der Waals surface area contributed by atoms with Crippen LogP contribution in [0.4, 0.5) is 24.9 Å². The summed E-state index contributed by atoms with van der Waals surface area (Å²) in [5.74, 6) is -0.257. The Hall–Kier alpha value is -3.35. The van der Waals surface area contributed by atoms with Gasteiger partial charge in [0.15, 0.2) is 0 Å². The zero-order valence-corrected chi connectivity index (χ0v) is 22.3. The van der Waals surface area contributed by atoms with Crippen molar-refractivity contribution in [1.29, 1.82) is 0 Å². The van der Waals surface area contributed by atoms with Gasteiger partial charge in [-0.3, -0.25) is 4.79 Å². The van der Waals surface area contributed by atoms with E-state index in [0.29, 0.717) is 25.0 Å². The molecule has 1 aromatic carbocycles. The van der Waals surface area contributed by atoms with Crippen molar-refractivity contribution in [2.24, 2.45) is 5.92 Å². The van der Waals surface area contributed by atoms with Crippen molar-refractivity contribution in [2.75, 3.05) is 56.7 Å². The normalized spacial score (nSPS) is 14.9. The summed E-state index contributed by atoms with van der Waals surface area (Å²) in [6.45, 7) is 9.08. The van der Waals surface area contributed by atoms with E-state index in [0.717, 1.165) is 48.4 Å². The van der Waals surface area contributed by atoms with Gasteiger partial charge in [0, 0.05) is 44.7 Å². The number of methoxy groups -OCH3 is 1. The molecule has 0 bridgehead atoms. The number of likely N-dealkylation sites (N-methyl/N-ethyl adjacent to an activating group) is 2. The molecule has 3 rings (SSSR count). The van der Waals surface area contributed by atoms with Crippen molar-refractivity contribution in [1.82, 2.24) is 14.9 Å². The van der Waals surface area contributed by atoms with Gasteiger partial charge in [-0.2, -0.15) is 18.2 Å². The van der Waals surface area contributed by atoms with Crippen molar-refractivity contribution >= 4 is 34.5 Å². The van der Waals surface area contributed by atoms with E-state index in [1.165, 1.54) is 0 Å². The summed E-state index contributed by atoms with van der Waals surface area (Å²) in [6.07, 6.45) is -3.53. The number of ether oxygens (including phenoxy) is 1. The van der Waals surface area contributed by atoms with Gasteiger partial charge in [-0.15, -0.1) is 0 Å². The molecule has 2 N–H and O–H groups in total. The summed E-state index contributed by atoms with van der Waals surface area (Å²) in [7, 11) is 3.49. The number of alkyl halides is 3. The number of aromatic nitrogens is 2. The first-order chi connectivity index (χ1) is 17.8. The largest absolute Gasteiger partial charge is 0.497 e. The van der Waals surface area contributed by atoms with Crippen LogP contribution in [-0.2, 0) is 9.59 Å². The maximum absolute atomic E-state index is 12.6. The van der Waals surface area contributed by atoms with Gasteiger partial charge >= 0.3 is 12.1 Å². The lowest BCUT2D eigenvalue weighted by Gasteiger charge is -2.35. The molecule has 2 aromatic rings. The molecule has 1 aliphatic rings. The number of hydrogen-bond acceptors (Lipinski definition) is 8. The molecule has 1 amide bonds. The molecule has 0 spiro atoms. The topological polar surface area (TPSA) is 119 Å². The number of rotatable bonds is 8. The molecule has 1 aliphatic heterocycles. The van der Waals surface area contributed by atoms with Crippen LogP contribution in [0.2, 0.25) is 0 Å². The highest BCUT2D eigenvalue weighted by Crippen LogP contribution is 2.32. The molecule has 0 saturated carbocycles. The zero-order valence-electron chi connectivity index (χ0n) is 22.3. The van der Waals surface area contributed by atoms with Crippen LogP contribution in [-0.4, -0.2) is 96.1 Å². The summed E-state index contributed by atoms with van der Waals surface area (Å²) >= 11 is 0. The summed E-state index contributed by atoms with van der Waals surface area (Å²) in [4.78, 5) is 37.0. The Labute approximate surface area is 220 Å². The summed E-state index contributed by atoms with van der Waals surface area (Å²) in [5.41, 5.74) is 0.791. The predicted molar refractivity (Wildman–Crippen MR) is 138 cm³/mol. The second kappa shape index (κ2) is 13.4. The molecule has 212 valence electrons. The number of hydrogen-bond donors (Lipinski definition) is 2. The number of aliphatic hydroxyl groups is 1. The molecule has 2 heterocycles. The molecule has 0 unspecified atom stereocenters. The first-order valence-corrected chi connectivity index (χ1v) is 12.4. The number of aliphatic hydroxyl groups excluding tert-OH is 1. The number of piperidine rings is 1. The van der Waals surface area contributed by atoms with Gasteiger partial charge in [-0.05, 0) is 51.7 Å². The molecule has 10 nitrogen and oxygen atoms in total. The number of amides is 1. The van der Waals surface area contributed by atoms with E-state index in [4.69, 9.17) is 24.6 Å². The van der Waals surface area contributed by atoms with Crippen LogP contribution in [0.25, 0.3) is 10.9 Å². The second-order valence-corrected chi connectivity index (χ2v) is 9.02. The highest BCUT2D eigenvalue weighted by atomic mass is 19.4. The van der Waals surface area contributed by atoms with Crippen molar-refractivity contribution in [3.8, 4) is 5.75 Å². The Morgan fingerprint density at radius 1 is 1.18 bits per heavy atom. The Bertz CT molecular complexity index is 1090. The standard InChI is InChI=1S/C23H35N5O3.C2HF3O2/c1-6-27(7-2)21(30)15-26(4)23-24-20-14-18(31-5)8-9-19(20)22(25-23)28-12-10-17(11-13-28)16(3)29;3-2(4,5)1(6)7/h8-9,14,16-17,29H,6-7,10-13,15H2,1-5H3;(H,6,7)/t16-;/m1./s1. The maximum Gasteiger partial charge on any atom is 0.490 e. The van der Waals surface area contributed by atoms with Crippen LogP contribution < -0.4 is 14.5 Å². The number of carboxylic acid groups (broad SMARTS) is 1. The number of halogens is 3. The van der Waals surface area contributed by atoms with E-state index < -0.39 is 12.1 Å². The SMILES string of the molecule is CCN(CC)C(=O)CN(C)c1nc(N2CCC([C@@H](C)O)CC2)c2ccc(OC)cc2n1.O=C(O)C(F)(F)F. The van der Waals surface area contributed by atoms with Crippen molar-refractivity contribution < 1.29 is 37.7 Å². The molecule has 1 fully saturated rings. The number of benzene rings is 1. The lowest BCUT2D eigenvalue weighted by molar-refractivity contribution is -0.192. The van der Waals surface area contributed by atoms with E-state index in [1.807, 2.05) is 55.8 Å². The van der Waals surface area contributed by atoms with Gasteiger partial charge in [0.1, 0.15) is 11.6 Å². The fourth-order valence-corrected chi connectivity index (χ4v) is 4.16. The lowest BCUT2D eigenvalue weighted by atomic mass is 9.92. The fraction of sp³-hybridized carbons (Fsp3) is 0.600. The van der Waals surface area contributed by atoms with Crippen molar-refractivity contribution in [3.63, 3.8) is 0 Å². The first-order valence-electron chi connectivity index (χ1n) is 12.4. The molecule has 38 heavy (non-hydrogen) atoms. The quantitative estimate of drug-likeness (QED) is 0.517. The molecule has 0 radical (unpaired) electrons. The lowest BCUT2D eigenvalue weighted by Crippen LogP contribution is -2.40. The molecular formula is C25H36F3N5O5. The molecule has 13 heteroatoms. The number of nitrogens with zero attached hydrogens (tertiary/aromatic N) is 5. The monoisotopic (exact) mass is 543 g/mol. The summed E-state index contributed by atoms with van der Waals surface area (Å²) in [5, 5.41) is 18.0. The van der Waals surface area contributed by atoms with Gasteiger partial charge in [-0.1, -0.05) is 0 Å². The number of carboxylic acids is 1. The molecular weight excluding hydrogens is 507 g/mol. The van der Waals surface area contributed by atoms with E-state index in [1.54, 1.807) is 7.11 Å². The number of carbonyl (C=O) groups excluding carboxylic acids is 1. The van der Waals surface area contributed by atoms with Crippen LogP contribution in [0.15, 0.2) is 18.2 Å². The predicted octanol–water partition coefficient (Wildman–Crippen LogP) is 3.17. The average Bonchev–Trinajstić information content (AvgIpc) is 2.88. The third-order valence-electron chi connectivity index (χ3n) is 6.47. The van der Waals surface area contributed by atoms with E-state index >= 15 is 0 Å². The smallest absolute Gasteiger partial charge is 0.490 e. The van der Waals surface area contributed by atoms with E-state index in [2.05, 4.69) is 4.90 Å². The Kier molecular flexibility index (Phi) is 10.9. The third-order valence-corrected chi connectivity index (χ3v) is 6.47. The average molecular weight is 544 g/mol. The first kappa shape index (κ1) is 30.9. The van der Waals surface area contributed by atoms with E-state index in [9.17, 15) is 23.1 Å². The third kappa shape index (κ3) is 8.07. The number of fused-ring (bicyclic) bond motifs is 1. The molecule has 1 saturated heterocycles. The molecule has 0 aliphatic carbocycles. The Morgan fingerprint density at radius 2 is 1.76 bits per heavy atom. The van der Waals surface area contributed by atoms with Crippen LogP contribution in [0, 0.1) is 5.92 Å². The highest BCUT2D eigenvalue weighted by Gasteiger charge is 2.38. The summed E-state index contributed by atoms with van der Waals surface area (Å²) in [6, 6.07) is 5.83. The zero-order chi connectivity index (χ0) is 28.6. The Morgan fingerprint density at radius 3 is 2.24 bits per heavy atom. The maximum atomic E-state index is 12.6. The Balaban J connectivity index is 0.000000638. The number of carbonyl (C=O) groups is 2. The van der Waals surface area contributed by atoms with Crippen LogP contribution in [0.5, 0.6) is 5.75 Å². The minimum atomic E-state index is -5.08. The number of anilines is 2. The van der Waals surface area contributed by atoms with Crippen molar-refractivity contribution in [3.05, 3.63) is 18.2 Å². The van der Waals surface area contributed by atoms with Crippen LogP contribution >= 0.6 is 0 Å². The molecule has 1 aromatic heterocycles. The second-order valence-electron chi connectivity index (χ2n) is 9.02. The van der Waals surface area contributed by atoms with Gasteiger partial charge in [0.05, 0.1) is 25.3 Å². The highest BCUT2D eigenvalue weighted by molar-refractivity contribution is 5.92. The minimum absolute atomic E-state index is 0.0566. The van der Waals surface area contributed by atoms with Gasteiger partial charge in [-0.25, -0.2) is 9.78 Å². The van der Waals surface area contributed by atoms with Gasteiger partial charge in [0.25, 0.3) is 0 Å². The van der Waals surface area contributed by atoms with Gasteiger partial charge < -0.3 is 29.6 Å². The van der Waals surface area contributed by atoms with Crippen LogP contribution in [0.1, 0.15) is 33.6 Å². The fourth-order valence-electron chi connectivity index (χ4n) is 4.16. The van der Waals surface area contributed by atoms with Crippen molar-refractivity contribution in [2.45, 2.75) is 45.9 Å². The summed E-state index contributed by atoms with van der Waals surface area (Å²) < 4.78 is 37.1. The minimum Gasteiger partial charge on any atom is -0.497 e. The van der Waals surface area contributed by atoms with E-state index in [-0.39, 0.29) is 18.6 Å². The molecule has 1 atom stereocenters. The van der Waals surface area contributed by atoms with Gasteiger partial charge in [0.2, 0.25) is 11.9 Å².